The van der Waals surface area contributed by atoms with Gasteiger partial charge in [-0.1, -0.05) is 6.92 Å². The molecule has 1 unspecified atom stereocenters. The van der Waals surface area contributed by atoms with Crippen LogP contribution in [0.1, 0.15) is 71.1 Å². The fraction of sp³-hybridized carbons (Fsp3) is 0.750. The van der Waals surface area contributed by atoms with Gasteiger partial charge in [0.1, 0.15) is 5.41 Å². The summed E-state index contributed by atoms with van der Waals surface area (Å²) in [6, 6.07) is 1.18. The average Bonchev–Trinajstić information content (AvgIpc) is 2.78. The minimum Gasteiger partial charge on any atom is -0.505 e. The molecule has 0 radical (unpaired) electrons. The topological polar surface area (TPSA) is 29.5 Å². The minimum atomic E-state index is -4.51. The van der Waals surface area contributed by atoms with Crippen molar-refractivity contribution in [2.45, 2.75) is 89.3 Å². The highest BCUT2D eigenvalue weighted by Gasteiger charge is 2.82. The van der Waals surface area contributed by atoms with Crippen molar-refractivity contribution in [3.63, 3.8) is 0 Å². The predicted octanol–water partition coefficient (Wildman–Crippen LogP) is 7.54. The van der Waals surface area contributed by atoms with Crippen LogP contribution in [-0.2, 0) is 0 Å². The Kier molecular flexibility index (Phi) is 4.70. The standard InChI is InChI=1S/C24H27F7O2/c1-19-4-7-20(8-5-19,9-6-19)22-12-10-21(11-13-22,18(27)23(22,28)29)24(30,31)33-15-3-2-14(32)16(25)17(15)26/h2-3,18,32H,4-13H2,1H3. The Labute approximate surface area is 187 Å². The molecular formula is C24H27F7O2. The van der Waals surface area contributed by atoms with E-state index in [0.29, 0.717) is 31.4 Å². The number of phenols is 1. The summed E-state index contributed by atoms with van der Waals surface area (Å²) in [4.78, 5) is 0. The molecule has 6 fully saturated rings. The van der Waals surface area contributed by atoms with E-state index in [9.17, 15) is 13.9 Å². The number of hydrogen-bond acceptors (Lipinski definition) is 2. The van der Waals surface area contributed by atoms with E-state index in [4.69, 9.17) is 0 Å². The normalized spacial score (nSPS) is 41.9. The molecule has 2 nitrogen and oxygen atoms in total. The lowest BCUT2D eigenvalue weighted by Gasteiger charge is -2.69. The fourth-order valence-electron chi connectivity index (χ4n) is 7.55. The monoisotopic (exact) mass is 480 g/mol. The van der Waals surface area contributed by atoms with Gasteiger partial charge < -0.3 is 9.84 Å². The first-order valence-corrected chi connectivity index (χ1v) is 11.5. The van der Waals surface area contributed by atoms with Crippen LogP contribution in [0.15, 0.2) is 12.1 Å². The van der Waals surface area contributed by atoms with Gasteiger partial charge in [0, 0.05) is 5.41 Å². The highest BCUT2D eigenvalue weighted by Crippen LogP contribution is 2.78. The Hall–Kier alpha value is -1.67. The van der Waals surface area contributed by atoms with Crippen molar-refractivity contribution in [3.05, 3.63) is 23.8 Å². The Morgan fingerprint density at radius 2 is 1.42 bits per heavy atom. The van der Waals surface area contributed by atoms with Gasteiger partial charge in [0.25, 0.3) is 5.92 Å². The molecule has 9 heteroatoms. The van der Waals surface area contributed by atoms with Gasteiger partial charge in [-0.05, 0) is 87.2 Å². The zero-order chi connectivity index (χ0) is 24.1. The molecule has 0 spiro atoms. The van der Waals surface area contributed by atoms with Crippen LogP contribution in [0.5, 0.6) is 11.5 Å². The number of halogens is 7. The summed E-state index contributed by atoms with van der Waals surface area (Å²) in [5, 5.41) is 9.19. The summed E-state index contributed by atoms with van der Waals surface area (Å²) in [6.07, 6.45) is -5.31. The number of rotatable bonds is 4. The van der Waals surface area contributed by atoms with Crippen molar-refractivity contribution >= 4 is 0 Å². The zero-order valence-corrected chi connectivity index (χ0v) is 18.3. The van der Waals surface area contributed by atoms with Gasteiger partial charge in [-0.3, -0.25) is 0 Å². The van der Waals surface area contributed by atoms with Gasteiger partial charge in [-0.2, -0.15) is 17.6 Å². The van der Waals surface area contributed by atoms with Crippen LogP contribution in [0.4, 0.5) is 30.7 Å². The van der Waals surface area contributed by atoms with Crippen LogP contribution in [0, 0.1) is 33.3 Å². The Balaban J connectivity index is 1.49. The molecule has 4 bridgehead atoms. The zero-order valence-electron chi connectivity index (χ0n) is 18.3. The van der Waals surface area contributed by atoms with E-state index in [-0.39, 0.29) is 18.3 Å². The van der Waals surface area contributed by atoms with Gasteiger partial charge in [0.05, 0.1) is 0 Å². The lowest BCUT2D eigenvalue weighted by molar-refractivity contribution is -0.384. The van der Waals surface area contributed by atoms with E-state index < -0.39 is 70.4 Å². The van der Waals surface area contributed by atoms with Crippen molar-refractivity contribution in [2.75, 3.05) is 0 Å². The quantitative estimate of drug-likeness (QED) is 0.451. The molecule has 33 heavy (non-hydrogen) atoms. The first kappa shape index (κ1) is 23.1. The van der Waals surface area contributed by atoms with Crippen LogP contribution < -0.4 is 4.74 Å². The van der Waals surface area contributed by atoms with Crippen LogP contribution in [0.3, 0.4) is 0 Å². The van der Waals surface area contributed by atoms with Gasteiger partial charge in [0.15, 0.2) is 17.7 Å². The smallest absolute Gasteiger partial charge is 0.406 e. The van der Waals surface area contributed by atoms with Crippen LogP contribution >= 0.6 is 0 Å². The lowest BCUT2D eigenvalue weighted by Crippen LogP contribution is -2.73. The maximum absolute atomic E-state index is 15.9. The molecule has 1 aromatic carbocycles. The third-order valence-electron chi connectivity index (χ3n) is 9.92. The van der Waals surface area contributed by atoms with Gasteiger partial charge in [-0.25, -0.2) is 13.2 Å². The maximum atomic E-state index is 15.9. The van der Waals surface area contributed by atoms with E-state index in [1.54, 1.807) is 0 Å². The molecule has 1 N–H and O–H groups in total. The summed E-state index contributed by atoms with van der Waals surface area (Å²) in [5.74, 6) is -10.1. The summed E-state index contributed by atoms with van der Waals surface area (Å²) in [5.41, 5.74) is -5.20. The fourth-order valence-corrected chi connectivity index (χ4v) is 7.55. The molecule has 0 heterocycles. The summed E-state index contributed by atoms with van der Waals surface area (Å²) in [7, 11) is 0. The second kappa shape index (κ2) is 6.72. The Morgan fingerprint density at radius 3 is 1.97 bits per heavy atom. The molecule has 6 aliphatic carbocycles. The summed E-state index contributed by atoms with van der Waals surface area (Å²) in [6.45, 7) is 2.14. The summed E-state index contributed by atoms with van der Waals surface area (Å²) < 4.78 is 110. The minimum absolute atomic E-state index is 0.111. The third kappa shape index (κ3) is 2.74. The molecule has 6 aliphatic rings. The maximum Gasteiger partial charge on any atom is 0.406 e. The number of aromatic hydroxyl groups is 1. The van der Waals surface area contributed by atoms with E-state index in [1.165, 1.54) is 0 Å². The molecule has 1 aromatic rings. The molecule has 0 aromatic heterocycles. The average molecular weight is 480 g/mol. The molecule has 184 valence electrons. The molecular weight excluding hydrogens is 453 g/mol. The second-order valence-electron chi connectivity index (χ2n) is 11.1. The number of fused-ring (bicyclic) bond motifs is 6. The van der Waals surface area contributed by atoms with Crippen LogP contribution in [0.25, 0.3) is 0 Å². The molecule has 0 saturated heterocycles. The largest absolute Gasteiger partial charge is 0.505 e. The van der Waals surface area contributed by atoms with Crippen LogP contribution in [0.2, 0.25) is 0 Å². The molecule has 6 saturated carbocycles. The molecule has 0 aliphatic heterocycles. The summed E-state index contributed by atoms with van der Waals surface area (Å²) >= 11 is 0. The van der Waals surface area contributed by atoms with Crippen molar-refractivity contribution in [1.29, 1.82) is 0 Å². The Morgan fingerprint density at radius 1 is 0.879 bits per heavy atom. The van der Waals surface area contributed by atoms with Gasteiger partial charge in [0.2, 0.25) is 11.6 Å². The van der Waals surface area contributed by atoms with Crippen molar-refractivity contribution in [2.24, 2.45) is 21.7 Å². The molecule has 0 amide bonds. The lowest BCUT2D eigenvalue weighted by atomic mass is 9.37. The van der Waals surface area contributed by atoms with E-state index in [1.807, 2.05) is 0 Å². The van der Waals surface area contributed by atoms with Crippen molar-refractivity contribution < 1.29 is 40.6 Å². The second-order valence-corrected chi connectivity index (χ2v) is 11.1. The number of hydrogen-bond donors (Lipinski definition) is 1. The van der Waals surface area contributed by atoms with Crippen molar-refractivity contribution in [1.82, 2.24) is 0 Å². The van der Waals surface area contributed by atoms with Gasteiger partial charge in [-0.15, -0.1) is 0 Å². The van der Waals surface area contributed by atoms with E-state index in [2.05, 4.69) is 11.7 Å². The first-order valence-electron chi connectivity index (χ1n) is 11.5. The third-order valence-corrected chi connectivity index (χ3v) is 9.92. The number of benzene rings is 1. The van der Waals surface area contributed by atoms with Gasteiger partial charge >= 0.3 is 6.11 Å². The van der Waals surface area contributed by atoms with Crippen molar-refractivity contribution in [3.8, 4) is 11.5 Å². The van der Waals surface area contributed by atoms with E-state index >= 15 is 22.0 Å². The first-order chi connectivity index (χ1) is 15.3. The van der Waals surface area contributed by atoms with Crippen LogP contribution in [-0.4, -0.2) is 23.3 Å². The Bertz CT molecular complexity index is 943. The predicted molar refractivity (Wildman–Crippen MR) is 105 cm³/mol. The van der Waals surface area contributed by atoms with E-state index in [0.717, 1.165) is 19.3 Å². The molecule has 1 atom stereocenters. The highest BCUT2D eigenvalue weighted by molar-refractivity contribution is 5.34. The number of alkyl halides is 5. The molecule has 7 rings (SSSR count). The SMILES string of the molecule is CC12CCC(C34CCC(C(F)(F)Oc5ccc(O)c(F)c5F)(CC3)C(F)C4(F)F)(CC1)CC2. The number of phenolic OH excluding ortho intramolecular Hbond substituents is 1. The number of ether oxygens (including phenoxy) is 1. The highest BCUT2D eigenvalue weighted by atomic mass is 19.3.